The molecule has 0 saturated carbocycles. The molecular weight excluding hydrogens is 217 g/mol. The molecule has 96 valence electrons. The minimum Gasteiger partial charge on any atom is -0.372 e. The molecule has 0 spiro atoms. The van der Waals surface area contributed by atoms with Gasteiger partial charge in [-0.05, 0) is 30.7 Å². The zero-order valence-corrected chi connectivity index (χ0v) is 10.7. The van der Waals surface area contributed by atoms with Crippen LogP contribution in [-0.2, 0) is 4.74 Å². The molecule has 2 nitrogen and oxygen atoms in total. The van der Waals surface area contributed by atoms with Gasteiger partial charge in [-0.25, -0.2) is 4.39 Å². The highest BCUT2D eigenvalue weighted by atomic mass is 19.1. The van der Waals surface area contributed by atoms with E-state index < -0.39 is 0 Å². The molecule has 1 atom stereocenters. The maximum atomic E-state index is 12.9. The van der Waals surface area contributed by atoms with Gasteiger partial charge in [0.2, 0.25) is 0 Å². The highest BCUT2D eigenvalue weighted by Crippen LogP contribution is 2.17. The van der Waals surface area contributed by atoms with E-state index in [0.717, 1.165) is 38.1 Å². The number of hydrogen-bond donors (Lipinski definition) is 1. The second kappa shape index (κ2) is 8.20. The minimum absolute atomic E-state index is 0.0158. The summed E-state index contributed by atoms with van der Waals surface area (Å²) in [6.07, 6.45) is 2.20. The highest BCUT2D eigenvalue weighted by Gasteiger charge is 2.11. The van der Waals surface area contributed by atoms with Gasteiger partial charge >= 0.3 is 0 Å². The lowest BCUT2D eigenvalue weighted by Gasteiger charge is -2.18. The zero-order chi connectivity index (χ0) is 12.5. The van der Waals surface area contributed by atoms with Crippen LogP contribution in [0.25, 0.3) is 0 Å². The van der Waals surface area contributed by atoms with Crippen LogP contribution in [0.4, 0.5) is 4.39 Å². The first-order valence-electron chi connectivity index (χ1n) is 6.35. The van der Waals surface area contributed by atoms with Crippen molar-refractivity contribution in [2.24, 2.45) is 0 Å². The summed E-state index contributed by atoms with van der Waals surface area (Å²) in [5.41, 5.74) is 1.03. The number of rotatable bonds is 8. The van der Waals surface area contributed by atoms with E-state index in [-0.39, 0.29) is 11.9 Å². The Morgan fingerprint density at radius 1 is 1.24 bits per heavy atom. The Hall–Kier alpha value is -0.930. The van der Waals surface area contributed by atoms with Gasteiger partial charge in [0.25, 0.3) is 0 Å². The lowest BCUT2D eigenvalue weighted by molar-refractivity contribution is 0.0510. The molecule has 0 aliphatic carbocycles. The predicted octanol–water partition coefficient (Wildman–Crippen LogP) is 3.29. The summed E-state index contributed by atoms with van der Waals surface area (Å²) in [5.74, 6) is -0.204. The number of unbranched alkanes of at least 4 members (excludes halogenated alkanes) is 1. The maximum Gasteiger partial charge on any atom is 0.123 e. The molecule has 0 aliphatic rings. The van der Waals surface area contributed by atoms with Crippen molar-refractivity contribution in [3.63, 3.8) is 0 Å². The third kappa shape index (κ3) is 5.29. The van der Waals surface area contributed by atoms with Gasteiger partial charge in [0.1, 0.15) is 5.82 Å². The summed E-state index contributed by atoms with van der Waals surface area (Å²) < 4.78 is 18.7. The number of likely N-dealkylation sites (N-methyl/N-ethyl adjacent to an activating group) is 1. The summed E-state index contributed by atoms with van der Waals surface area (Å²) in [6, 6.07) is 6.56. The molecule has 1 rings (SSSR count). The molecule has 0 radical (unpaired) electrons. The summed E-state index contributed by atoms with van der Waals surface area (Å²) in [4.78, 5) is 0. The topological polar surface area (TPSA) is 21.3 Å². The molecule has 1 unspecified atom stereocenters. The molecule has 0 aromatic heterocycles. The van der Waals surface area contributed by atoms with Crippen molar-refractivity contribution in [1.29, 1.82) is 0 Å². The SMILES string of the molecule is CCCCOC(CNCC)c1ccc(F)cc1. The van der Waals surface area contributed by atoms with Crippen molar-refractivity contribution >= 4 is 0 Å². The normalized spacial score (nSPS) is 12.6. The number of halogens is 1. The average Bonchev–Trinajstić information content (AvgIpc) is 2.35. The first-order valence-corrected chi connectivity index (χ1v) is 6.35. The van der Waals surface area contributed by atoms with E-state index in [4.69, 9.17) is 4.74 Å². The first-order chi connectivity index (χ1) is 8.27. The van der Waals surface area contributed by atoms with E-state index >= 15 is 0 Å². The van der Waals surface area contributed by atoms with Crippen molar-refractivity contribution in [3.05, 3.63) is 35.6 Å². The number of nitrogens with one attached hydrogen (secondary N) is 1. The second-order valence-corrected chi connectivity index (χ2v) is 4.07. The van der Waals surface area contributed by atoms with Gasteiger partial charge in [-0.1, -0.05) is 32.4 Å². The van der Waals surface area contributed by atoms with Crippen molar-refractivity contribution < 1.29 is 9.13 Å². The van der Waals surface area contributed by atoms with Crippen molar-refractivity contribution in [2.75, 3.05) is 19.7 Å². The third-order valence-electron chi connectivity index (χ3n) is 2.64. The molecule has 0 heterocycles. The summed E-state index contributed by atoms with van der Waals surface area (Å²) in [6.45, 7) is 6.64. The molecule has 1 aromatic carbocycles. The standard InChI is InChI=1S/C14H22FNO/c1-3-5-10-17-14(11-16-4-2)12-6-8-13(15)9-7-12/h6-9,14,16H,3-5,10-11H2,1-2H3. The molecule has 1 N–H and O–H groups in total. The van der Waals surface area contributed by atoms with Crippen LogP contribution in [0.2, 0.25) is 0 Å². The first kappa shape index (κ1) is 14.1. The van der Waals surface area contributed by atoms with Crippen molar-refractivity contribution in [2.45, 2.75) is 32.8 Å². The van der Waals surface area contributed by atoms with Crippen LogP contribution >= 0.6 is 0 Å². The quantitative estimate of drug-likeness (QED) is 0.703. The van der Waals surface area contributed by atoms with Gasteiger partial charge < -0.3 is 10.1 Å². The molecule has 0 fully saturated rings. The van der Waals surface area contributed by atoms with Gasteiger partial charge in [-0.15, -0.1) is 0 Å². The summed E-state index contributed by atoms with van der Waals surface area (Å²) in [5, 5.41) is 3.27. The molecule has 0 bridgehead atoms. The highest BCUT2D eigenvalue weighted by molar-refractivity contribution is 5.19. The molecule has 17 heavy (non-hydrogen) atoms. The maximum absolute atomic E-state index is 12.9. The molecular formula is C14H22FNO. The Balaban J connectivity index is 2.57. The monoisotopic (exact) mass is 239 g/mol. The van der Waals surface area contributed by atoms with E-state index in [1.165, 1.54) is 12.1 Å². The van der Waals surface area contributed by atoms with Gasteiger partial charge in [0, 0.05) is 13.2 Å². The van der Waals surface area contributed by atoms with Crippen LogP contribution < -0.4 is 5.32 Å². The van der Waals surface area contributed by atoms with Gasteiger partial charge in [-0.2, -0.15) is 0 Å². The lowest BCUT2D eigenvalue weighted by atomic mass is 10.1. The Morgan fingerprint density at radius 3 is 2.53 bits per heavy atom. The smallest absolute Gasteiger partial charge is 0.123 e. The van der Waals surface area contributed by atoms with Gasteiger partial charge in [0.05, 0.1) is 6.10 Å². The Kier molecular flexibility index (Phi) is 6.82. The van der Waals surface area contributed by atoms with E-state index in [1.807, 2.05) is 0 Å². The number of ether oxygens (including phenoxy) is 1. The van der Waals surface area contributed by atoms with E-state index in [0.29, 0.717) is 0 Å². The van der Waals surface area contributed by atoms with Crippen LogP contribution in [0.15, 0.2) is 24.3 Å². The predicted molar refractivity (Wildman–Crippen MR) is 68.5 cm³/mol. The summed E-state index contributed by atoms with van der Waals surface area (Å²) >= 11 is 0. The van der Waals surface area contributed by atoms with Crippen LogP contribution in [0, 0.1) is 5.82 Å². The van der Waals surface area contributed by atoms with Crippen molar-refractivity contribution in [3.8, 4) is 0 Å². The molecule has 0 saturated heterocycles. The van der Waals surface area contributed by atoms with Crippen LogP contribution in [0.3, 0.4) is 0 Å². The zero-order valence-electron chi connectivity index (χ0n) is 10.7. The van der Waals surface area contributed by atoms with Crippen LogP contribution in [0.1, 0.15) is 38.4 Å². The van der Waals surface area contributed by atoms with Crippen LogP contribution in [-0.4, -0.2) is 19.7 Å². The number of benzene rings is 1. The fourth-order valence-electron chi connectivity index (χ4n) is 1.60. The van der Waals surface area contributed by atoms with Gasteiger partial charge in [-0.3, -0.25) is 0 Å². The lowest BCUT2D eigenvalue weighted by Crippen LogP contribution is -2.23. The Morgan fingerprint density at radius 2 is 1.94 bits per heavy atom. The van der Waals surface area contributed by atoms with Gasteiger partial charge in [0.15, 0.2) is 0 Å². The number of hydrogen-bond acceptors (Lipinski definition) is 2. The molecule has 1 aromatic rings. The van der Waals surface area contributed by atoms with Crippen LogP contribution in [0.5, 0.6) is 0 Å². The Bertz CT molecular complexity index is 300. The molecule has 3 heteroatoms. The Labute approximate surface area is 103 Å². The van der Waals surface area contributed by atoms with E-state index in [9.17, 15) is 4.39 Å². The summed E-state index contributed by atoms with van der Waals surface area (Å²) in [7, 11) is 0. The largest absolute Gasteiger partial charge is 0.372 e. The third-order valence-corrected chi connectivity index (χ3v) is 2.64. The molecule has 0 amide bonds. The fraction of sp³-hybridized carbons (Fsp3) is 0.571. The molecule has 0 aliphatic heterocycles. The van der Waals surface area contributed by atoms with E-state index in [1.54, 1.807) is 12.1 Å². The van der Waals surface area contributed by atoms with Crippen molar-refractivity contribution in [1.82, 2.24) is 5.32 Å². The average molecular weight is 239 g/mol. The fourth-order valence-corrected chi connectivity index (χ4v) is 1.60. The second-order valence-electron chi connectivity index (χ2n) is 4.07. The minimum atomic E-state index is -0.204. The van der Waals surface area contributed by atoms with E-state index in [2.05, 4.69) is 19.2 Å².